The molecule has 9 heteroatoms. The Labute approximate surface area is 132 Å². The van der Waals surface area contributed by atoms with Gasteiger partial charge in [0.15, 0.2) is 10.8 Å². The number of hydrogen-bond donors (Lipinski definition) is 1. The van der Waals surface area contributed by atoms with Crippen LogP contribution in [0.2, 0.25) is 0 Å². The van der Waals surface area contributed by atoms with Crippen molar-refractivity contribution in [2.75, 3.05) is 11.4 Å². The van der Waals surface area contributed by atoms with E-state index in [2.05, 4.69) is 10.2 Å². The number of aromatic nitrogens is 2. The van der Waals surface area contributed by atoms with Gasteiger partial charge in [0.05, 0.1) is 6.04 Å². The minimum Gasteiger partial charge on any atom is -0.348 e. The van der Waals surface area contributed by atoms with Crippen molar-refractivity contribution in [3.8, 4) is 0 Å². The van der Waals surface area contributed by atoms with Crippen molar-refractivity contribution in [2.45, 2.75) is 23.9 Å². The molecule has 122 valence electrons. The van der Waals surface area contributed by atoms with E-state index >= 15 is 0 Å². The highest BCUT2D eigenvalue weighted by Crippen LogP contribution is 2.36. The molecule has 1 aromatic heterocycles. The fourth-order valence-corrected chi connectivity index (χ4v) is 3.16. The van der Waals surface area contributed by atoms with Crippen molar-refractivity contribution in [3.05, 3.63) is 47.5 Å². The van der Waals surface area contributed by atoms with Gasteiger partial charge in [-0.3, -0.25) is 0 Å². The lowest BCUT2D eigenvalue weighted by molar-refractivity contribution is 0.559. The summed E-state index contributed by atoms with van der Waals surface area (Å²) in [5, 5.41) is 12.1. The number of primary sulfonamides is 1. The lowest BCUT2D eigenvalue weighted by atomic mass is 10.0. The molecule has 1 unspecified atom stereocenters. The van der Waals surface area contributed by atoms with Crippen molar-refractivity contribution in [1.82, 2.24) is 10.2 Å². The molecule has 0 bridgehead atoms. The second kappa shape index (κ2) is 5.82. The lowest BCUT2D eigenvalue weighted by Crippen LogP contribution is -2.25. The molecule has 23 heavy (non-hydrogen) atoms. The van der Waals surface area contributed by atoms with Crippen LogP contribution < -0.4 is 10.0 Å². The Morgan fingerprint density at radius 2 is 1.96 bits per heavy atom. The molecule has 0 radical (unpaired) electrons. The van der Waals surface area contributed by atoms with Crippen LogP contribution in [0.4, 0.5) is 14.6 Å². The number of anilines is 1. The average molecular weight is 340 g/mol. The van der Waals surface area contributed by atoms with Crippen LogP contribution in [0.3, 0.4) is 0 Å². The Morgan fingerprint density at radius 3 is 2.61 bits per heavy atom. The first-order valence-electron chi connectivity index (χ1n) is 6.94. The van der Waals surface area contributed by atoms with Crippen molar-refractivity contribution in [3.63, 3.8) is 0 Å². The predicted octanol–water partition coefficient (Wildman–Crippen LogP) is 1.74. The van der Waals surface area contributed by atoms with E-state index in [9.17, 15) is 17.2 Å². The zero-order chi connectivity index (χ0) is 16.6. The number of hydrogen-bond acceptors (Lipinski definition) is 5. The van der Waals surface area contributed by atoms with Crippen LogP contribution in [0.5, 0.6) is 0 Å². The molecule has 2 aromatic rings. The zero-order valence-corrected chi connectivity index (χ0v) is 12.8. The standard InChI is InChI=1S/C14H14F2N4O2S/c15-9-3-4-11(16)10(8-9)12-2-1-7-20(12)13-5-6-14(19-18-13)23(17,21)22/h3-6,8,12H,1-2,7H2,(H2,17,21,22). The van der Waals surface area contributed by atoms with Crippen LogP contribution in [-0.4, -0.2) is 25.2 Å². The van der Waals surface area contributed by atoms with Crippen molar-refractivity contribution in [1.29, 1.82) is 0 Å². The topological polar surface area (TPSA) is 89.2 Å². The Kier molecular flexibility index (Phi) is 3.99. The second-order valence-corrected chi connectivity index (χ2v) is 6.80. The number of rotatable bonds is 3. The summed E-state index contributed by atoms with van der Waals surface area (Å²) in [5.41, 5.74) is 0.250. The fraction of sp³-hybridized carbons (Fsp3) is 0.286. The fourth-order valence-electron chi connectivity index (χ4n) is 2.75. The van der Waals surface area contributed by atoms with E-state index in [4.69, 9.17) is 5.14 Å². The van der Waals surface area contributed by atoms with Crippen LogP contribution >= 0.6 is 0 Å². The maximum absolute atomic E-state index is 14.0. The van der Waals surface area contributed by atoms with Gasteiger partial charge in [-0.15, -0.1) is 10.2 Å². The molecule has 6 nitrogen and oxygen atoms in total. The van der Waals surface area contributed by atoms with E-state index in [1.165, 1.54) is 18.2 Å². The third-order valence-corrected chi connectivity index (χ3v) is 4.58. The highest BCUT2D eigenvalue weighted by atomic mass is 32.2. The van der Waals surface area contributed by atoms with Gasteiger partial charge in [-0.25, -0.2) is 22.3 Å². The van der Waals surface area contributed by atoms with Crippen LogP contribution in [0.25, 0.3) is 0 Å². The number of benzene rings is 1. The Bertz CT molecular complexity index is 827. The van der Waals surface area contributed by atoms with Gasteiger partial charge < -0.3 is 4.90 Å². The molecule has 1 aromatic carbocycles. The van der Waals surface area contributed by atoms with E-state index in [1.54, 1.807) is 4.90 Å². The SMILES string of the molecule is NS(=O)(=O)c1ccc(N2CCCC2c2cc(F)ccc2F)nn1. The predicted molar refractivity (Wildman–Crippen MR) is 79.1 cm³/mol. The molecule has 2 N–H and O–H groups in total. The molecule has 0 saturated carbocycles. The summed E-state index contributed by atoms with van der Waals surface area (Å²) in [6, 6.07) is 5.66. The molecule has 2 heterocycles. The van der Waals surface area contributed by atoms with Gasteiger partial charge in [-0.1, -0.05) is 0 Å². The van der Waals surface area contributed by atoms with E-state index in [-0.39, 0.29) is 16.6 Å². The van der Waals surface area contributed by atoms with Gasteiger partial charge in [0.2, 0.25) is 0 Å². The van der Waals surface area contributed by atoms with Gasteiger partial charge in [0, 0.05) is 12.1 Å². The summed E-state index contributed by atoms with van der Waals surface area (Å²) in [4.78, 5) is 1.78. The minimum atomic E-state index is -3.92. The summed E-state index contributed by atoms with van der Waals surface area (Å²) < 4.78 is 49.8. The summed E-state index contributed by atoms with van der Waals surface area (Å²) in [7, 11) is -3.92. The molecular formula is C14H14F2N4O2S. The van der Waals surface area contributed by atoms with Gasteiger partial charge in [0.25, 0.3) is 10.0 Å². The number of nitrogens with zero attached hydrogens (tertiary/aromatic N) is 3. The Morgan fingerprint density at radius 1 is 1.17 bits per heavy atom. The Balaban J connectivity index is 1.94. The van der Waals surface area contributed by atoms with Crippen LogP contribution in [-0.2, 0) is 10.0 Å². The third kappa shape index (κ3) is 3.15. The van der Waals surface area contributed by atoms with E-state index in [0.29, 0.717) is 18.8 Å². The molecule has 1 fully saturated rings. The van der Waals surface area contributed by atoms with Crippen molar-refractivity contribution in [2.24, 2.45) is 5.14 Å². The van der Waals surface area contributed by atoms with Crippen molar-refractivity contribution < 1.29 is 17.2 Å². The van der Waals surface area contributed by atoms with Crippen molar-refractivity contribution >= 4 is 15.8 Å². The summed E-state index contributed by atoms with van der Waals surface area (Å²) in [5.74, 6) is -0.607. The molecule has 1 atom stereocenters. The Hall–Kier alpha value is -2.13. The third-order valence-electron chi connectivity index (χ3n) is 3.78. The second-order valence-electron chi connectivity index (χ2n) is 5.29. The maximum atomic E-state index is 14.0. The van der Waals surface area contributed by atoms with Gasteiger partial charge in [-0.05, 0) is 43.2 Å². The smallest absolute Gasteiger partial charge is 0.257 e. The summed E-state index contributed by atoms with van der Waals surface area (Å²) >= 11 is 0. The van der Waals surface area contributed by atoms with Gasteiger partial charge in [0.1, 0.15) is 11.6 Å². The summed E-state index contributed by atoms with van der Waals surface area (Å²) in [6.45, 7) is 0.587. The minimum absolute atomic E-state index is 0.250. The van der Waals surface area contributed by atoms with E-state index in [0.717, 1.165) is 18.6 Å². The van der Waals surface area contributed by atoms with E-state index < -0.39 is 21.7 Å². The summed E-state index contributed by atoms with van der Waals surface area (Å²) in [6.07, 6.45) is 1.41. The first-order chi connectivity index (χ1) is 10.9. The maximum Gasteiger partial charge on any atom is 0.257 e. The van der Waals surface area contributed by atoms with Crippen LogP contribution in [0, 0.1) is 11.6 Å². The number of halogens is 2. The first kappa shape index (κ1) is 15.8. The zero-order valence-electron chi connectivity index (χ0n) is 12.0. The molecule has 1 aliphatic heterocycles. The molecule has 0 amide bonds. The molecule has 3 rings (SSSR count). The lowest BCUT2D eigenvalue weighted by Gasteiger charge is -2.26. The van der Waals surface area contributed by atoms with Crippen LogP contribution in [0.15, 0.2) is 35.4 Å². The largest absolute Gasteiger partial charge is 0.348 e. The molecule has 1 saturated heterocycles. The molecule has 1 aliphatic rings. The quantitative estimate of drug-likeness (QED) is 0.919. The number of nitrogens with two attached hydrogens (primary N) is 1. The highest BCUT2D eigenvalue weighted by molar-refractivity contribution is 7.89. The first-order valence-corrected chi connectivity index (χ1v) is 8.49. The normalized spacial score (nSPS) is 18.4. The highest BCUT2D eigenvalue weighted by Gasteiger charge is 2.30. The van der Waals surface area contributed by atoms with Gasteiger partial charge >= 0.3 is 0 Å². The molecule has 0 spiro atoms. The number of sulfonamides is 1. The van der Waals surface area contributed by atoms with Crippen LogP contribution in [0.1, 0.15) is 24.4 Å². The van der Waals surface area contributed by atoms with E-state index in [1.807, 2.05) is 0 Å². The van der Waals surface area contributed by atoms with Gasteiger partial charge in [-0.2, -0.15) is 0 Å². The molecular weight excluding hydrogens is 326 g/mol. The average Bonchev–Trinajstić information content (AvgIpc) is 2.98. The monoisotopic (exact) mass is 340 g/mol. The molecule has 0 aliphatic carbocycles.